The number of hydrogen-bond acceptors (Lipinski definition) is 4. The second-order valence-corrected chi connectivity index (χ2v) is 8.41. The lowest BCUT2D eigenvalue weighted by Crippen LogP contribution is -2.51. The minimum atomic E-state index is -0.508. The van der Waals surface area contributed by atoms with Crippen LogP contribution in [-0.4, -0.2) is 31.7 Å². The van der Waals surface area contributed by atoms with Gasteiger partial charge >= 0.3 is 0 Å². The molecule has 0 bridgehead atoms. The fourth-order valence-electron chi connectivity index (χ4n) is 3.75. The summed E-state index contributed by atoms with van der Waals surface area (Å²) in [6.45, 7) is 7.77. The Balaban J connectivity index is 0.00000243. The van der Waals surface area contributed by atoms with E-state index in [1.54, 1.807) is 0 Å². The lowest BCUT2D eigenvalue weighted by Gasteiger charge is -2.33. The number of carbonyl (C=O) groups is 1. The SMILES string of the molecule is CC(C)(C)[C@H](N)C(=O)NCC1(c2ccc3c(c2)OCCO3)CCCC1.Cl. The van der Waals surface area contributed by atoms with E-state index in [-0.39, 0.29) is 29.1 Å². The number of halogens is 1. The Kier molecular flexibility index (Phi) is 6.46. The molecule has 1 heterocycles. The molecule has 26 heavy (non-hydrogen) atoms. The smallest absolute Gasteiger partial charge is 0.237 e. The first kappa shape index (κ1) is 20.8. The number of carbonyl (C=O) groups excluding carboxylic acids is 1. The van der Waals surface area contributed by atoms with Crippen molar-refractivity contribution in [2.75, 3.05) is 19.8 Å². The normalized spacial score (nSPS) is 19.4. The Morgan fingerprint density at radius 3 is 2.42 bits per heavy atom. The highest BCUT2D eigenvalue weighted by Crippen LogP contribution is 2.43. The Labute approximate surface area is 162 Å². The van der Waals surface area contributed by atoms with Gasteiger partial charge in [-0.3, -0.25) is 4.79 Å². The van der Waals surface area contributed by atoms with Crippen molar-refractivity contribution in [1.82, 2.24) is 5.32 Å². The van der Waals surface area contributed by atoms with Crippen LogP contribution in [0.15, 0.2) is 18.2 Å². The highest BCUT2D eigenvalue weighted by Gasteiger charge is 2.38. The molecular weight excluding hydrogens is 352 g/mol. The number of amides is 1. The minimum Gasteiger partial charge on any atom is -0.486 e. The van der Waals surface area contributed by atoms with Gasteiger partial charge in [0.05, 0.1) is 6.04 Å². The molecule has 0 saturated heterocycles. The van der Waals surface area contributed by atoms with Crippen molar-refractivity contribution in [3.8, 4) is 11.5 Å². The summed E-state index contributed by atoms with van der Waals surface area (Å²) in [5.41, 5.74) is 7.04. The molecule has 1 aliphatic heterocycles. The zero-order valence-corrected chi connectivity index (χ0v) is 16.8. The maximum atomic E-state index is 12.5. The van der Waals surface area contributed by atoms with Gasteiger partial charge in [0.15, 0.2) is 11.5 Å². The van der Waals surface area contributed by atoms with Gasteiger partial charge in [-0.05, 0) is 36.0 Å². The molecule has 1 amide bonds. The summed E-state index contributed by atoms with van der Waals surface area (Å²) in [7, 11) is 0. The number of hydrogen-bond donors (Lipinski definition) is 2. The summed E-state index contributed by atoms with van der Waals surface area (Å²) in [4.78, 5) is 12.5. The summed E-state index contributed by atoms with van der Waals surface area (Å²) < 4.78 is 11.4. The van der Waals surface area contributed by atoms with Crippen molar-refractivity contribution in [2.45, 2.75) is 57.9 Å². The lowest BCUT2D eigenvalue weighted by molar-refractivity contribution is -0.124. The largest absolute Gasteiger partial charge is 0.486 e. The van der Waals surface area contributed by atoms with Gasteiger partial charge in [-0.1, -0.05) is 39.7 Å². The maximum absolute atomic E-state index is 12.5. The molecule has 0 spiro atoms. The standard InChI is InChI=1S/C20H30N2O3.ClH/c1-19(2,3)17(21)18(23)22-13-20(8-4-5-9-20)14-6-7-15-16(12-14)25-11-10-24-15;/h6-7,12,17H,4-5,8-11,13,21H2,1-3H3,(H,22,23);1H/t17-;/m1./s1. The molecule has 1 aromatic carbocycles. The van der Waals surface area contributed by atoms with Crippen molar-refractivity contribution in [2.24, 2.45) is 11.1 Å². The van der Waals surface area contributed by atoms with Crippen LogP contribution in [0.4, 0.5) is 0 Å². The zero-order valence-electron chi connectivity index (χ0n) is 16.0. The van der Waals surface area contributed by atoms with Crippen molar-refractivity contribution in [3.05, 3.63) is 23.8 Å². The van der Waals surface area contributed by atoms with Gasteiger partial charge < -0.3 is 20.5 Å². The summed E-state index contributed by atoms with van der Waals surface area (Å²) in [6.07, 6.45) is 4.49. The first-order valence-corrected chi connectivity index (χ1v) is 9.25. The van der Waals surface area contributed by atoms with E-state index >= 15 is 0 Å². The van der Waals surface area contributed by atoms with E-state index in [1.807, 2.05) is 26.8 Å². The predicted octanol–water partition coefficient (Wildman–Crippen LogP) is 3.18. The number of rotatable bonds is 4. The first-order chi connectivity index (χ1) is 11.8. The molecule has 1 saturated carbocycles. The molecule has 3 rings (SSSR count). The average molecular weight is 383 g/mol. The molecule has 1 aromatic rings. The Morgan fingerprint density at radius 1 is 1.19 bits per heavy atom. The van der Waals surface area contributed by atoms with Crippen molar-refractivity contribution in [3.63, 3.8) is 0 Å². The first-order valence-electron chi connectivity index (χ1n) is 9.25. The molecule has 0 radical (unpaired) electrons. The highest BCUT2D eigenvalue weighted by atomic mass is 35.5. The average Bonchev–Trinajstić information content (AvgIpc) is 3.08. The number of ether oxygens (including phenoxy) is 2. The van der Waals surface area contributed by atoms with Crippen LogP contribution >= 0.6 is 12.4 Å². The molecule has 1 atom stereocenters. The van der Waals surface area contributed by atoms with E-state index in [0.29, 0.717) is 19.8 Å². The van der Waals surface area contributed by atoms with Crippen LogP contribution in [0.5, 0.6) is 11.5 Å². The summed E-state index contributed by atoms with van der Waals surface area (Å²) in [5.74, 6) is 1.55. The maximum Gasteiger partial charge on any atom is 0.237 e. The van der Waals surface area contributed by atoms with Crippen LogP contribution in [0.1, 0.15) is 52.0 Å². The second kappa shape index (κ2) is 8.05. The van der Waals surface area contributed by atoms with Crippen molar-refractivity contribution < 1.29 is 14.3 Å². The Hall–Kier alpha value is -1.46. The van der Waals surface area contributed by atoms with E-state index in [1.165, 1.54) is 18.4 Å². The quantitative estimate of drug-likeness (QED) is 0.838. The van der Waals surface area contributed by atoms with Gasteiger partial charge in [0.1, 0.15) is 13.2 Å². The van der Waals surface area contributed by atoms with Gasteiger partial charge in [0.2, 0.25) is 5.91 Å². The third-order valence-corrected chi connectivity index (χ3v) is 5.53. The molecular formula is C20H31ClN2O3. The van der Waals surface area contributed by atoms with Gasteiger partial charge in [-0.25, -0.2) is 0 Å². The highest BCUT2D eigenvalue weighted by molar-refractivity contribution is 5.85. The van der Waals surface area contributed by atoms with Crippen LogP contribution in [0.25, 0.3) is 0 Å². The van der Waals surface area contributed by atoms with E-state index in [4.69, 9.17) is 15.2 Å². The molecule has 5 nitrogen and oxygen atoms in total. The van der Waals surface area contributed by atoms with Crippen LogP contribution in [0.2, 0.25) is 0 Å². The fraction of sp³-hybridized carbons (Fsp3) is 0.650. The van der Waals surface area contributed by atoms with Gasteiger partial charge in [0.25, 0.3) is 0 Å². The molecule has 2 aliphatic rings. The molecule has 0 aromatic heterocycles. The molecule has 1 fully saturated rings. The van der Waals surface area contributed by atoms with Gasteiger partial charge in [-0.2, -0.15) is 0 Å². The fourth-order valence-corrected chi connectivity index (χ4v) is 3.75. The summed E-state index contributed by atoms with van der Waals surface area (Å²) in [5, 5.41) is 3.11. The topological polar surface area (TPSA) is 73.6 Å². The lowest BCUT2D eigenvalue weighted by atomic mass is 9.78. The van der Waals surface area contributed by atoms with Crippen LogP contribution in [0.3, 0.4) is 0 Å². The van der Waals surface area contributed by atoms with Gasteiger partial charge in [0, 0.05) is 12.0 Å². The number of nitrogens with two attached hydrogens (primary N) is 1. The molecule has 0 unspecified atom stereocenters. The van der Waals surface area contributed by atoms with Crippen molar-refractivity contribution >= 4 is 18.3 Å². The van der Waals surface area contributed by atoms with Crippen LogP contribution in [0, 0.1) is 5.41 Å². The number of benzene rings is 1. The third-order valence-electron chi connectivity index (χ3n) is 5.53. The van der Waals surface area contributed by atoms with E-state index < -0.39 is 6.04 Å². The number of fused-ring (bicyclic) bond motifs is 1. The third kappa shape index (κ3) is 4.26. The Bertz CT molecular complexity index is 636. The van der Waals surface area contributed by atoms with Crippen LogP contribution in [-0.2, 0) is 10.2 Å². The van der Waals surface area contributed by atoms with E-state index in [2.05, 4.69) is 17.4 Å². The molecule has 6 heteroatoms. The Morgan fingerprint density at radius 2 is 1.81 bits per heavy atom. The minimum absolute atomic E-state index is 0. The zero-order chi connectivity index (χ0) is 18.1. The molecule has 1 aliphatic carbocycles. The molecule has 146 valence electrons. The van der Waals surface area contributed by atoms with Crippen molar-refractivity contribution in [1.29, 1.82) is 0 Å². The summed E-state index contributed by atoms with van der Waals surface area (Å²) >= 11 is 0. The monoisotopic (exact) mass is 382 g/mol. The van der Waals surface area contributed by atoms with E-state index in [0.717, 1.165) is 24.3 Å². The predicted molar refractivity (Wildman–Crippen MR) is 105 cm³/mol. The number of nitrogens with one attached hydrogen (secondary N) is 1. The van der Waals surface area contributed by atoms with Crippen LogP contribution < -0.4 is 20.5 Å². The second-order valence-electron chi connectivity index (χ2n) is 8.41. The molecule has 3 N–H and O–H groups in total. The van der Waals surface area contributed by atoms with Gasteiger partial charge in [-0.15, -0.1) is 12.4 Å². The van der Waals surface area contributed by atoms with E-state index in [9.17, 15) is 4.79 Å². The summed E-state index contributed by atoms with van der Waals surface area (Å²) in [6, 6.07) is 5.70.